The number of carbonyl (C=O) groups excluding carboxylic acids is 2. The lowest BCUT2D eigenvalue weighted by Gasteiger charge is -2.27. The van der Waals surface area contributed by atoms with Gasteiger partial charge >= 0.3 is 0 Å². The van der Waals surface area contributed by atoms with Gasteiger partial charge in [-0.05, 0) is 20.3 Å². The third kappa shape index (κ3) is 0.722. The number of amides is 2. The van der Waals surface area contributed by atoms with Crippen molar-refractivity contribution in [1.82, 2.24) is 10.2 Å². The molecular weight excluding hydrogens is 156 g/mol. The first-order valence-corrected chi connectivity index (χ1v) is 4.19. The zero-order valence-electron chi connectivity index (χ0n) is 7.26. The van der Waals surface area contributed by atoms with Gasteiger partial charge in [0, 0.05) is 6.42 Å². The van der Waals surface area contributed by atoms with Gasteiger partial charge in [0.05, 0.1) is 0 Å². The molecule has 4 nitrogen and oxygen atoms in total. The first-order chi connectivity index (χ1) is 5.54. The SMILES string of the molecule is CC1C(=O)N[C@]2(C)CCC(=O)N12. The predicted molar refractivity (Wildman–Crippen MR) is 42.1 cm³/mol. The minimum absolute atomic E-state index is 0.0365. The van der Waals surface area contributed by atoms with Crippen molar-refractivity contribution in [3.63, 3.8) is 0 Å². The third-order valence-corrected chi connectivity index (χ3v) is 2.79. The van der Waals surface area contributed by atoms with Crippen LogP contribution in [-0.4, -0.2) is 28.4 Å². The molecule has 2 saturated heterocycles. The number of fused-ring (bicyclic) bond motifs is 1. The van der Waals surface area contributed by atoms with Crippen LogP contribution in [0.4, 0.5) is 0 Å². The van der Waals surface area contributed by atoms with Gasteiger partial charge in [0.15, 0.2) is 0 Å². The summed E-state index contributed by atoms with van der Waals surface area (Å²) < 4.78 is 0. The van der Waals surface area contributed by atoms with Gasteiger partial charge in [0.2, 0.25) is 11.8 Å². The second kappa shape index (κ2) is 2.00. The van der Waals surface area contributed by atoms with E-state index in [0.29, 0.717) is 6.42 Å². The molecule has 4 heteroatoms. The molecule has 2 aliphatic rings. The van der Waals surface area contributed by atoms with Gasteiger partial charge in [-0.1, -0.05) is 0 Å². The number of hydrogen-bond donors (Lipinski definition) is 1. The second-order valence-corrected chi connectivity index (χ2v) is 3.70. The Kier molecular flexibility index (Phi) is 1.26. The number of carbonyl (C=O) groups is 2. The van der Waals surface area contributed by atoms with Crippen LogP contribution in [0.2, 0.25) is 0 Å². The highest BCUT2D eigenvalue weighted by Gasteiger charge is 2.52. The van der Waals surface area contributed by atoms with E-state index in [9.17, 15) is 9.59 Å². The summed E-state index contributed by atoms with van der Waals surface area (Å²) in [6.45, 7) is 3.67. The van der Waals surface area contributed by atoms with Crippen molar-refractivity contribution in [2.45, 2.75) is 38.4 Å². The van der Waals surface area contributed by atoms with Crippen molar-refractivity contribution in [2.75, 3.05) is 0 Å². The second-order valence-electron chi connectivity index (χ2n) is 3.70. The van der Waals surface area contributed by atoms with Crippen molar-refractivity contribution < 1.29 is 9.59 Å². The molecule has 0 radical (unpaired) electrons. The summed E-state index contributed by atoms with van der Waals surface area (Å²) in [7, 11) is 0. The molecule has 2 fully saturated rings. The van der Waals surface area contributed by atoms with Crippen LogP contribution in [-0.2, 0) is 9.59 Å². The first-order valence-electron chi connectivity index (χ1n) is 4.19. The molecule has 66 valence electrons. The average molecular weight is 168 g/mol. The molecule has 0 aromatic carbocycles. The van der Waals surface area contributed by atoms with Crippen LogP contribution in [0.15, 0.2) is 0 Å². The van der Waals surface area contributed by atoms with Gasteiger partial charge < -0.3 is 10.2 Å². The summed E-state index contributed by atoms with van der Waals surface area (Å²) >= 11 is 0. The van der Waals surface area contributed by atoms with Crippen molar-refractivity contribution in [2.24, 2.45) is 0 Å². The van der Waals surface area contributed by atoms with E-state index in [-0.39, 0.29) is 17.9 Å². The zero-order valence-corrected chi connectivity index (χ0v) is 7.26. The number of nitrogens with one attached hydrogen (secondary N) is 1. The third-order valence-electron chi connectivity index (χ3n) is 2.79. The Bertz CT molecular complexity index is 264. The zero-order chi connectivity index (χ0) is 8.93. The number of hydrogen-bond acceptors (Lipinski definition) is 2. The molecule has 2 amide bonds. The number of rotatable bonds is 0. The molecule has 0 aromatic rings. The van der Waals surface area contributed by atoms with Crippen molar-refractivity contribution in [3.05, 3.63) is 0 Å². The molecular formula is C8H12N2O2. The summed E-state index contributed by atoms with van der Waals surface area (Å²) in [5.41, 5.74) is -0.395. The summed E-state index contributed by atoms with van der Waals surface area (Å²) in [4.78, 5) is 24.2. The maximum atomic E-state index is 11.4. The van der Waals surface area contributed by atoms with E-state index in [4.69, 9.17) is 0 Å². The maximum absolute atomic E-state index is 11.4. The Morgan fingerprint density at radius 3 is 2.83 bits per heavy atom. The first kappa shape index (κ1) is 7.58. The molecule has 0 aromatic heterocycles. The highest BCUT2D eigenvalue weighted by Crippen LogP contribution is 2.33. The van der Waals surface area contributed by atoms with E-state index >= 15 is 0 Å². The highest BCUT2D eigenvalue weighted by atomic mass is 16.2. The van der Waals surface area contributed by atoms with Gasteiger partial charge in [0.1, 0.15) is 11.7 Å². The maximum Gasteiger partial charge on any atom is 0.244 e. The molecule has 0 spiro atoms. The summed E-state index contributed by atoms with van der Waals surface area (Å²) in [5.74, 6) is 0.0499. The topological polar surface area (TPSA) is 49.4 Å². The number of nitrogens with zero attached hydrogens (tertiary/aromatic N) is 1. The standard InChI is InChI=1S/C8H12N2O2/c1-5-7(12)9-8(2)4-3-6(11)10(5)8/h5H,3-4H2,1-2H3,(H,9,12)/t5?,8-/m0/s1. The van der Waals surface area contributed by atoms with Crippen LogP contribution in [0.5, 0.6) is 0 Å². The smallest absolute Gasteiger partial charge is 0.244 e. The molecule has 2 rings (SSSR count). The summed E-state index contributed by atoms with van der Waals surface area (Å²) in [6, 6.07) is -0.287. The van der Waals surface area contributed by atoms with Gasteiger partial charge in [0.25, 0.3) is 0 Å². The van der Waals surface area contributed by atoms with Crippen molar-refractivity contribution in [3.8, 4) is 0 Å². The molecule has 12 heavy (non-hydrogen) atoms. The minimum Gasteiger partial charge on any atom is -0.332 e. The van der Waals surface area contributed by atoms with Gasteiger partial charge in [-0.25, -0.2) is 0 Å². The van der Waals surface area contributed by atoms with Crippen LogP contribution in [0.1, 0.15) is 26.7 Å². The van der Waals surface area contributed by atoms with Crippen molar-refractivity contribution >= 4 is 11.8 Å². The van der Waals surface area contributed by atoms with Crippen LogP contribution < -0.4 is 5.32 Å². The van der Waals surface area contributed by atoms with Gasteiger partial charge in [-0.15, -0.1) is 0 Å². The van der Waals surface area contributed by atoms with Crippen LogP contribution in [0.25, 0.3) is 0 Å². The highest BCUT2D eigenvalue weighted by molar-refractivity contribution is 5.93. The Balaban J connectivity index is 2.37. The Labute approximate surface area is 70.9 Å². The summed E-state index contributed by atoms with van der Waals surface area (Å²) in [5, 5.41) is 2.84. The Morgan fingerprint density at radius 1 is 1.58 bits per heavy atom. The molecule has 2 aliphatic heterocycles. The Hall–Kier alpha value is -1.06. The van der Waals surface area contributed by atoms with Crippen LogP contribution in [0, 0.1) is 0 Å². The molecule has 0 aliphatic carbocycles. The molecule has 2 atom stereocenters. The average Bonchev–Trinajstić information content (AvgIpc) is 2.36. The monoisotopic (exact) mass is 168 g/mol. The molecule has 1 N–H and O–H groups in total. The minimum atomic E-state index is -0.395. The van der Waals surface area contributed by atoms with Crippen LogP contribution >= 0.6 is 0 Å². The molecule has 2 heterocycles. The van der Waals surface area contributed by atoms with Crippen molar-refractivity contribution in [1.29, 1.82) is 0 Å². The van der Waals surface area contributed by atoms with E-state index < -0.39 is 5.66 Å². The van der Waals surface area contributed by atoms with E-state index in [1.807, 2.05) is 6.92 Å². The van der Waals surface area contributed by atoms with E-state index in [1.54, 1.807) is 11.8 Å². The lowest BCUT2D eigenvalue weighted by atomic mass is 10.1. The quantitative estimate of drug-likeness (QED) is 0.546. The Morgan fingerprint density at radius 2 is 2.25 bits per heavy atom. The van der Waals surface area contributed by atoms with E-state index in [2.05, 4.69) is 5.32 Å². The predicted octanol–water partition coefficient (Wildman–Crippen LogP) is -0.157. The van der Waals surface area contributed by atoms with E-state index in [0.717, 1.165) is 6.42 Å². The van der Waals surface area contributed by atoms with Crippen LogP contribution in [0.3, 0.4) is 0 Å². The lowest BCUT2D eigenvalue weighted by Crippen LogP contribution is -2.46. The van der Waals surface area contributed by atoms with Gasteiger partial charge in [-0.2, -0.15) is 0 Å². The lowest BCUT2D eigenvalue weighted by molar-refractivity contribution is -0.133. The molecule has 1 unspecified atom stereocenters. The molecule has 0 saturated carbocycles. The van der Waals surface area contributed by atoms with E-state index in [1.165, 1.54) is 0 Å². The fraction of sp³-hybridized carbons (Fsp3) is 0.750. The largest absolute Gasteiger partial charge is 0.332 e. The fourth-order valence-electron chi connectivity index (χ4n) is 2.12. The summed E-state index contributed by atoms with van der Waals surface area (Å²) in [6.07, 6.45) is 1.29. The molecule has 0 bridgehead atoms. The fourth-order valence-corrected chi connectivity index (χ4v) is 2.12. The van der Waals surface area contributed by atoms with Gasteiger partial charge in [-0.3, -0.25) is 9.59 Å². The normalized spacial score (nSPS) is 40.2.